The molecule has 0 aromatic heterocycles. The molecule has 1 saturated carbocycles. The van der Waals surface area contributed by atoms with Crippen LogP contribution < -0.4 is 15.8 Å². The highest BCUT2D eigenvalue weighted by molar-refractivity contribution is 6.01. The molecule has 2 rings (SSSR count). The maximum Gasteiger partial charge on any atom is 0.262 e. The Morgan fingerprint density at radius 3 is 2.52 bits per heavy atom. The average Bonchev–Trinajstić information content (AvgIpc) is 3.04. The molecule has 0 aliphatic heterocycles. The molecule has 0 spiro atoms. The van der Waals surface area contributed by atoms with E-state index in [4.69, 9.17) is 10.5 Å². The van der Waals surface area contributed by atoms with E-state index in [0.29, 0.717) is 11.3 Å². The second-order valence-electron chi connectivity index (χ2n) is 5.45. The Bertz CT molecular complexity index is 638. The van der Waals surface area contributed by atoms with Crippen LogP contribution in [0.2, 0.25) is 0 Å². The summed E-state index contributed by atoms with van der Waals surface area (Å²) < 4.78 is 5.15. The Morgan fingerprint density at radius 1 is 1.30 bits per heavy atom. The fourth-order valence-corrected chi connectivity index (χ4v) is 2.46. The van der Waals surface area contributed by atoms with Crippen molar-refractivity contribution in [2.75, 3.05) is 6.61 Å². The molecule has 0 unspecified atom stereocenters. The van der Waals surface area contributed by atoms with Gasteiger partial charge in [-0.1, -0.05) is 25.0 Å². The molecule has 0 heterocycles. The van der Waals surface area contributed by atoms with Crippen LogP contribution in [0.1, 0.15) is 31.2 Å². The second-order valence-corrected chi connectivity index (χ2v) is 5.45. The number of amides is 2. The molecule has 1 aliphatic rings. The van der Waals surface area contributed by atoms with E-state index in [1.54, 1.807) is 24.3 Å². The van der Waals surface area contributed by atoms with Crippen molar-refractivity contribution < 1.29 is 14.3 Å². The fraction of sp³-hybridized carbons (Fsp3) is 0.353. The van der Waals surface area contributed by atoms with Gasteiger partial charge in [0.1, 0.15) is 17.4 Å². The summed E-state index contributed by atoms with van der Waals surface area (Å²) in [6, 6.07) is 8.82. The summed E-state index contributed by atoms with van der Waals surface area (Å²) in [6.07, 6.45) is 5.70. The lowest BCUT2D eigenvalue weighted by atomic mass is 10.1. The van der Waals surface area contributed by atoms with Crippen molar-refractivity contribution in [1.29, 1.82) is 5.26 Å². The van der Waals surface area contributed by atoms with Gasteiger partial charge in [-0.25, -0.2) is 0 Å². The van der Waals surface area contributed by atoms with Crippen molar-refractivity contribution in [1.82, 2.24) is 5.32 Å². The number of hydrogen-bond acceptors (Lipinski definition) is 4. The first kappa shape index (κ1) is 16.6. The van der Waals surface area contributed by atoms with Gasteiger partial charge in [-0.05, 0) is 36.6 Å². The van der Waals surface area contributed by atoms with E-state index in [0.717, 1.165) is 25.7 Å². The fourth-order valence-electron chi connectivity index (χ4n) is 2.46. The van der Waals surface area contributed by atoms with Crippen molar-refractivity contribution in [2.45, 2.75) is 31.7 Å². The number of carbonyl (C=O) groups is 2. The van der Waals surface area contributed by atoms with E-state index in [2.05, 4.69) is 5.32 Å². The summed E-state index contributed by atoms with van der Waals surface area (Å²) >= 11 is 0. The predicted octanol–water partition coefficient (Wildman–Crippen LogP) is 1.52. The summed E-state index contributed by atoms with van der Waals surface area (Å²) in [5.74, 6) is -0.396. The van der Waals surface area contributed by atoms with Crippen molar-refractivity contribution >= 4 is 17.9 Å². The zero-order chi connectivity index (χ0) is 16.7. The van der Waals surface area contributed by atoms with Gasteiger partial charge < -0.3 is 15.8 Å². The topological polar surface area (TPSA) is 105 Å². The van der Waals surface area contributed by atoms with E-state index in [1.807, 2.05) is 6.07 Å². The molecule has 120 valence electrons. The minimum atomic E-state index is -0.552. The first-order valence-corrected chi connectivity index (χ1v) is 7.52. The lowest BCUT2D eigenvalue weighted by molar-refractivity contribution is -0.120. The molecule has 23 heavy (non-hydrogen) atoms. The van der Waals surface area contributed by atoms with E-state index in [1.165, 1.54) is 6.08 Å². The average molecular weight is 313 g/mol. The first-order chi connectivity index (χ1) is 11.1. The minimum Gasteiger partial charge on any atom is -0.484 e. The first-order valence-electron chi connectivity index (χ1n) is 7.52. The summed E-state index contributed by atoms with van der Waals surface area (Å²) in [4.78, 5) is 22.7. The van der Waals surface area contributed by atoms with Gasteiger partial charge in [-0.3, -0.25) is 9.59 Å². The minimum absolute atomic E-state index is 0.0719. The molecule has 6 heteroatoms. The molecule has 2 amide bonds. The highest BCUT2D eigenvalue weighted by Crippen LogP contribution is 2.19. The smallest absolute Gasteiger partial charge is 0.262 e. The van der Waals surface area contributed by atoms with Crippen LogP contribution in [0.5, 0.6) is 5.75 Å². The van der Waals surface area contributed by atoms with Crippen LogP contribution in [0.3, 0.4) is 0 Å². The molecule has 0 radical (unpaired) electrons. The summed E-state index contributed by atoms with van der Waals surface area (Å²) in [7, 11) is 0. The molecule has 0 saturated heterocycles. The normalized spacial score (nSPS) is 15.0. The Balaban J connectivity index is 2.00. The maximum absolute atomic E-state index is 12.1. The van der Waals surface area contributed by atoms with Crippen molar-refractivity contribution in [3.05, 3.63) is 35.4 Å². The molecule has 1 aromatic carbocycles. The molecular formula is C17H19N3O3. The quantitative estimate of drug-likeness (QED) is 0.613. The number of hydrogen-bond donors (Lipinski definition) is 2. The van der Waals surface area contributed by atoms with Gasteiger partial charge in [-0.2, -0.15) is 5.26 Å². The van der Waals surface area contributed by atoms with Gasteiger partial charge >= 0.3 is 0 Å². The van der Waals surface area contributed by atoms with Crippen LogP contribution in [0.25, 0.3) is 6.08 Å². The number of carbonyl (C=O) groups excluding carboxylic acids is 2. The zero-order valence-corrected chi connectivity index (χ0v) is 12.7. The number of rotatable bonds is 6. The Morgan fingerprint density at radius 2 is 1.96 bits per heavy atom. The number of nitrogens with zero attached hydrogens (tertiary/aromatic N) is 1. The van der Waals surface area contributed by atoms with Crippen LogP contribution in [-0.2, 0) is 9.59 Å². The van der Waals surface area contributed by atoms with Crippen molar-refractivity contribution in [2.24, 2.45) is 5.73 Å². The van der Waals surface area contributed by atoms with E-state index >= 15 is 0 Å². The third-order valence-corrected chi connectivity index (χ3v) is 3.63. The maximum atomic E-state index is 12.1. The highest BCUT2D eigenvalue weighted by Gasteiger charge is 2.19. The number of benzene rings is 1. The van der Waals surface area contributed by atoms with E-state index < -0.39 is 5.91 Å². The second kappa shape index (κ2) is 7.99. The standard InChI is InChI=1S/C17H19N3O3/c18-10-13(17(22)20-14-3-1-2-4-14)9-12-5-7-15(8-6-12)23-11-16(19)21/h5-9,14H,1-4,11H2,(H2,19,21)(H,20,22)/b13-9-. The summed E-state index contributed by atoms with van der Waals surface area (Å²) in [5, 5.41) is 12.1. The van der Waals surface area contributed by atoms with Gasteiger partial charge in [-0.15, -0.1) is 0 Å². The molecular weight excluding hydrogens is 294 g/mol. The van der Waals surface area contributed by atoms with Crippen LogP contribution in [0.4, 0.5) is 0 Å². The summed E-state index contributed by atoms with van der Waals surface area (Å²) in [6.45, 7) is -0.192. The van der Waals surface area contributed by atoms with Gasteiger partial charge in [0, 0.05) is 6.04 Å². The summed E-state index contributed by atoms with van der Waals surface area (Å²) in [5.41, 5.74) is 5.78. The third kappa shape index (κ3) is 5.15. The molecule has 1 aliphatic carbocycles. The molecule has 1 fully saturated rings. The van der Waals surface area contributed by atoms with Crippen LogP contribution in [0.15, 0.2) is 29.8 Å². The van der Waals surface area contributed by atoms with E-state index in [-0.39, 0.29) is 24.1 Å². The Kier molecular flexibility index (Phi) is 5.75. The van der Waals surface area contributed by atoms with Gasteiger partial charge in [0.2, 0.25) is 0 Å². The van der Waals surface area contributed by atoms with Gasteiger partial charge in [0.25, 0.3) is 11.8 Å². The lowest BCUT2D eigenvalue weighted by Crippen LogP contribution is -2.33. The largest absolute Gasteiger partial charge is 0.484 e. The number of nitrogens with two attached hydrogens (primary N) is 1. The van der Waals surface area contributed by atoms with Crippen LogP contribution in [-0.4, -0.2) is 24.5 Å². The SMILES string of the molecule is N#C/C(=C/c1ccc(OCC(N)=O)cc1)C(=O)NC1CCCC1. The molecule has 1 aromatic rings. The van der Waals surface area contributed by atoms with Crippen LogP contribution >= 0.6 is 0 Å². The third-order valence-electron chi connectivity index (χ3n) is 3.63. The van der Waals surface area contributed by atoms with Crippen molar-refractivity contribution in [3.63, 3.8) is 0 Å². The van der Waals surface area contributed by atoms with E-state index in [9.17, 15) is 14.9 Å². The molecule has 0 atom stereocenters. The van der Waals surface area contributed by atoms with Crippen LogP contribution in [0, 0.1) is 11.3 Å². The number of nitrogens with one attached hydrogen (secondary N) is 1. The number of primary amides is 1. The number of ether oxygens (including phenoxy) is 1. The zero-order valence-electron chi connectivity index (χ0n) is 12.7. The lowest BCUT2D eigenvalue weighted by Gasteiger charge is -2.11. The Labute approximate surface area is 134 Å². The molecule has 3 N–H and O–H groups in total. The van der Waals surface area contributed by atoms with Gasteiger partial charge in [0.05, 0.1) is 0 Å². The molecule has 0 bridgehead atoms. The predicted molar refractivity (Wildman–Crippen MR) is 85.1 cm³/mol. The molecule has 6 nitrogen and oxygen atoms in total. The number of nitriles is 1. The monoisotopic (exact) mass is 313 g/mol. The Hall–Kier alpha value is -2.81. The van der Waals surface area contributed by atoms with Crippen molar-refractivity contribution in [3.8, 4) is 11.8 Å². The van der Waals surface area contributed by atoms with Gasteiger partial charge in [0.15, 0.2) is 6.61 Å². The highest BCUT2D eigenvalue weighted by atomic mass is 16.5.